The highest BCUT2D eigenvalue weighted by Crippen LogP contribution is 2.21. The van der Waals surface area contributed by atoms with Crippen molar-refractivity contribution >= 4 is 22.4 Å². The van der Waals surface area contributed by atoms with Crippen LogP contribution in [0.5, 0.6) is 0 Å². The standard InChI is InChI=1S/C15H14N4O3S/c1-10(20)18(2)14-16-12(9-23-14)8-19-13(17-22-15(19)21)11-6-4-3-5-7-11/h3-7,9H,8H2,1-2H3. The molecule has 0 N–H and O–H groups in total. The Balaban J connectivity index is 1.91. The Morgan fingerprint density at radius 1 is 1.35 bits per heavy atom. The van der Waals surface area contributed by atoms with Crippen molar-refractivity contribution in [2.75, 3.05) is 11.9 Å². The van der Waals surface area contributed by atoms with Crippen LogP contribution in [0.15, 0.2) is 45.0 Å². The summed E-state index contributed by atoms with van der Waals surface area (Å²) in [6.45, 7) is 1.70. The second kappa shape index (κ2) is 6.17. The van der Waals surface area contributed by atoms with Crippen LogP contribution in [-0.4, -0.2) is 27.7 Å². The maximum atomic E-state index is 11.9. The van der Waals surface area contributed by atoms with E-state index < -0.39 is 5.76 Å². The zero-order valence-corrected chi connectivity index (χ0v) is 13.4. The third-order valence-electron chi connectivity index (χ3n) is 3.34. The summed E-state index contributed by atoms with van der Waals surface area (Å²) in [5.74, 6) is -0.193. The number of nitrogens with zero attached hydrogens (tertiary/aromatic N) is 4. The summed E-state index contributed by atoms with van der Waals surface area (Å²) in [6, 6.07) is 9.31. The molecule has 118 valence electrons. The van der Waals surface area contributed by atoms with Gasteiger partial charge in [-0.3, -0.25) is 18.8 Å². The van der Waals surface area contributed by atoms with Crippen LogP contribution in [-0.2, 0) is 11.3 Å². The molecule has 0 aliphatic rings. The quantitative estimate of drug-likeness (QED) is 0.731. The number of rotatable bonds is 4. The van der Waals surface area contributed by atoms with Gasteiger partial charge in [0.2, 0.25) is 5.91 Å². The van der Waals surface area contributed by atoms with E-state index in [0.29, 0.717) is 16.6 Å². The Hall–Kier alpha value is -2.74. The summed E-state index contributed by atoms with van der Waals surface area (Å²) in [5, 5.41) is 6.23. The van der Waals surface area contributed by atoms with Crippen molar-refractivity contribution in [3.63, 3.8) is 0 Å². The minimum Gasteiger partial charge on any atom is -0.295 e. The predicted molar refractivity (Wildman–Crippen MR) is 86.5 cm³/mol. The number of thiazole rings is 1. The molecule has 0 aliphatic carbocycles. The van der Waals surface area contributed by atoms with Crippen LogP contribution in [0.25, 0.3) is 11.4 Å². The van der Waals surface area contributed by atoms with Crippen molar-refractivity contribution < 1.29 is 9.32 Å². The first-order chi connectivity index (χ1) is 11.1. The highest BCUT2D eigenvalue weighted by molar-refractivity contribution is 7.14. The first-order valence-corrected chi connectivity index (χ1v) is 7.75. The van der Waals surface area contributed by atoms with E-state index in [4.69, 9.17) is 4.52 Å². The van der Waals surface area contributed by atoms with Gasteiger partial charge in [-0.2, -0.15) is 0 Å². The van der Waals surface area contributed by atoms with Gasteiger partial charge in [0.15, 0.2) is 11.0 Å². The van der Waals surface area contributed by atoms with Gasteiger partial charge in [0.25, 0.3) is 0 Å². The van der Waals surface area contributed by atoms with Crippen LogP contribution in [0, 0.1) is 0 Å². The van der Waals surface area contributed by atoms with E-state index in [2.05, 4.69) is 10.1 Å². The largest absolute Gasteiger partial charge is 0.442 e. The van der Waals surface area contributed by atoms with Gasteiger partial charge < -0.3 is 0 Å². The fourth-order valence-electron chi connectivity index (χ4n) is 2.02. The van der Waals surface area contributed by atoms with Crippen molar-refractivity contribution in [2.24, 2.45) is 0 Å². The first-order valence-electron chi connectivity index (χ1n) is 6.87. The molecule has 3 rings (SSSR count). The van der Waals surface area contributed by atoms with Crippen molar-refractivity contribution in [2.45, 2.75) is 13.5 Å². The van der Waals surface area contributed by atoms with Gasteiger partial charge in [-0.15, -0.1) is 11.3 Å². The number of anilines is 1. The van der Waals surface area contributed by atoms with E-state index in [1.54, 1.807) is 7.05 Å². The summed E-state index contributed by atoms with van der Waals surface area (Å²) in [6.07, 6.45) is 0. The fraction of sp³-hybridized carbons (Fsp3) is 0.200. The molecule has 0 fully saturated rings. The minimum absolute atomic E-state index is 0.0991. The maximum Gasteiger partial charge on any atom is 0.442 e. The number of benzene rings is 1. The zero-order valence-electron chi connectivity index (χ0n) is 12.6. The lowest BCUT2D eigenvalue weighted by atomic mass is 10.2. The summed E-state index contributed by atoms with van der Waals surface area (Å²) < 4.78 is 6.20. The lowest BCUT2D eigenvalue weighted by molar-refractivity contribution is -0.116. The molecular formula is C15H14N4O3S. The fourth-order valence-corrected chi connectivity index (χ4v) is 2.85. The third kappa shape index (κ3) is 3.07. The molecule has 0 radical (unpaired) electrons. The lowest BCUT2D eigenvalue weighted by Crippen LogP contribution is -2.22. The molecule has 1 amide bonds. The molecule has 0 saturated heterocycles. The van der Waals surface area contributed by atoms with Crippen molar-refractivity contribution in [1.29, 1.82) is 0 Å². The van der Waals surface area contributed by atoms with Gasteiger partial charge in [0.05, 0.1) is 12.2 Å². The number of aromatic nitrogens is 3. The predicted octanol–water partition coefficient (Wildman–Crippen LogP) is 1.99. The molecule has 0 unspecified atom stereocenters. The van der Waals surface area contributed by atoms with Crippen molar-refractivity contribution in [1.82, 2.24) is 14.7 Å². The Labute approximate surface area is 135 Å². The Morgan fingerprint density at radius 3 is 2.78 bits per heavy atom. The number of carbonyl (C=O) groups excluding carboxylic acids is 1. The van der Waals surface area contributed by atoms with Crippen LogP contribution < -0.4 is 10.7 Å². The Kier molecular flexibility index (Phi) is 4.07. The van der Waals surface area contributed by atoms with Crippen LogP contribution >= 0.6 is 11.3 Å². The molecule has 0 atom stereocenters. The second-order valence-electron chi connectivity index (χ2n) is 4.92. The Morgan fingerprint density at radius 2 is 2.09 bits per heavy atom. The highest BCUT2D eigenvalue weighted by atomic mass is 32.1. The summed E-state index contributed by atoms with van der Waals surface area (Å²) in [5.41, 5.74) is 1.45. The third-order valence-corrected chi connectivity index (χ3v) is 4.30. The van der Waals surface area contributed by atoms with E-state index in [1.165, 1.54) is 27.7 Å². The smallest absolute Gasteiger partial charge is 0.295 e. The average molecular weight is 330 g/mol. The first kappa shape index (κ1) is 15.2. The van der Waals surface area contributed by atoms with Crippen LogP contribution in [0.1, 0.15) is 12.6 Å². The van der Waals surface area contributed by atoms with E-state index in [0.717, 1.165) is 5.56 Å². The average Bonchev–Trinajstić information content (AvgIpc) is 3.16. The van der Waals surface area contributed by atoms with Gasteiger partial charge in [0, 0.05) is 24.9 Å². The molecular weight excluding hydrogens is 316 g/mol. The van der Waals surface area contributed by atoms with E-state index >= 15 is 0 Å². The molecule has 2 heterocycles. The molecule has 0 spiro atoms. The van der Waals surface area contributed by atoms with Gasteiger partial charge in [0.1, 0.15) is 0 Å². The maximum absolute atomic E-state index is 11.9. The van der Waals surface area contributed by atoms with Crippen LogP contribution in [0.3, 0.4) is 0 Å². The van der Waals surface area contributed by atoms with E-state index in [1.807, 2.05) is 35.7 Å². The highest BCUT2D eigenvalue weighted by Gasteiger charge is 2.16. The molecule has 0 bridgehead atoms. The topological polar surface area (TPSA) is 81.2 Å². The van der Waals surface area contributed by atoms with Crippen molar-refractivity contribution in [3.8, 4) is 11.4 Å². The number of hydrogen-bond acceptors (Lipinski definition) is 6. The molecule has 8 heteroatoms. The number of hydrogen-bond donors (Lipinski definition) is 0. The number of amides is 1. The second-order valence-corrected chi connectivity index (χ2v) is 5.76. The molecule has 7 nitrogen and oxygen atoms in total. The van der Waals surface area contributed by atoms with E-state index in [9.17, 15) is 9.59 Å². The normalized spacial score (nSPS) is 10.7. The van der Waals surface area contributed by atoms with Gasteiger partial charge >= 0.3 is 5.76 Å². The molecule has 1 aromatic carbocycles. The molecule has 2 aromatic heterocycles. The van der Waals surface area contributed by atoms with E-state index in [-0.39, 0.29) is 12.5 Å². The minimum atomic E-state index is -0.543. The zero-order chi connectivity index (χ0) is 16.4. The summed E-state index contributed by atoms with van der Waals surface area (Å²) in [4.78, 5) is 29.1. The lowest BCUT2D eigenvalue weighted by Gasteiger charge is -2.09. The van der Waals surface area contributed by atoms with Crippen LogP contribution in [0.2, 0.25) is 0 Å². The molecule has 0 saturated carbocycles. The van der Waals surface area contributed by atoms with Crippen LogP contribution in [0.4, 0.5) is 5.13 Å². The molecule has 0 aliphatic heterocycles. The van der Waals surface area contributed by atoms with Gasteiger partial charge in [-0.1, -0.05) is 35.5 Å². The summed E-state index contributed by atoms with van der Waals surface area (Å²) >= 11 is 1.34. The van der Waals surface area contributed by atoms with Gasteiger partial charge in [-0.05, 0) is 0 Å². The monoisotopic (exact) mass is 330 g/mol. The van der Waals surface area contributed by atoms with Gasteiger partial charge in [-0.25, -0.2) is 9.78 Å². The SMILES string of the molecule is CC(=O)N(C)c1nc(Cn2c(-c3ccccc3)noc2=O)cs1. The number of carbonyl (C=O) groups is 1. The summed E-state index contributed by atoms with van der Waals surface area (Å²) in [7, 11) is 1.66. The molecule has 23 heavy (non-hydrogen) atoms. The molecule has 3 aromatic rings. The van der Waals surface area contributed by atoms with Crippen molar-refractivity contribution in [3.05, 3.63) is 52.0 Å². The Bertz CT molecular complexity index is 882.